The monoisotopic (exact) mass is 650 g/mol. The third-order valence-corrected chi connectivity index (χ3v) is 5.94. The molecular weight excluding hydrogens is 630 g/mol. The Hall–Kier alpha value is -2.74. The second-order valence-corrected chi connectivity index (χ2v) is 8.23. The Balaban J connectivity index is 2.13. The van der Waals surface area contributed by atoms with Crippen LogP contribution in [0.15, 0.2) is 15.0 Å². The van der Waals surface area contributed by atoms with Crippen molar-refractivity contribution >= 4 is 40.9 Å². The van der Waals surface area contributed by atoms with Crippen molar-refractivity contribution in [1.82, 2.24) is 19.3 Å². The predicted molar refractivity (Wildman–Crippen MR) is 122 cm³/mol. The molecule has 2 heterocycles. The maximum absolute atomic E-state index is 14.2. The van der Waals surface area contributed by atoms with Crippen molar-refractivity contribution < 1.29 is 44.4 Å². The van der Waals surface area contributed by atoms with E-state index in [1.54, 1.807) is 0 Å². The minimum Gasteiger partial charge on any atom is -0.494 e. The number of ether oxygens (including phenoxy) is 2. The first-order chi connectivity index (χ1) is 17.5. The number of methoxy groups -OCH3 is 1. The highest BCUT2D eigenvalue weighted by molar-refractivity contribution is 14.1. The van der Waals surface area contributed by atoms with Crippen molar-refractivity contribution in [1.29, 1.82) is 0 Å². The summed E-state index contributed by atoms with van der Waals surface area (Å²) >= 11 is 1.31. The van der Waals surface area contributed by atoms with Crippen molar-refractivity contribution in [3.05, 3.63) is 21.7 Å². The van der Waals surface area contributed by atoms with E-state index in [1.807, 2.05) is 0 Å². The normalized spacial score (nSPS) is 15.1. The van der Waals surface area contributed by atoms with Gasteiger partial charge in [0.1, 0.15) is 12.4 Å². The lowest BCUT2D eigenvalue weighted by molar-refractivity contribution is -0.293. The van der Waals surface area contributed by atoms with Gasteiger partial charge in [-0.1, -0.05) is 12.8 Å². The molecular formula is C19H20F5IN6O6. The molecule has 0 amide bonds. The number of azo groups is 1. The number of aromatic nitrogens is 4. The van der Waals surface area contributed by atoms with Crippen molar-refractivity contribution in [2.75, 3.05) is 20.5 Å². The molecule has 37 heavy (non-hydrogen) atoms. The molecule has 0 spiro atoms. The van der Waals surface area contributed by atoms with Crippen LogP contribution in [-0.4, -0.2) is 57.4 Å². The lowest BCUT2D eigenvalue weighted by Crippen LogP contribution is -2.37. The largest absolute Gasteiger partial charge is 0.494 e. The lowest BCUT2D eigenvalue weighted by atomic mass is 10.2. The molecule has 1 aliphatic carbocycles. The van der Waals surface area contributed by atoms with E-state index in [4.69, 9.17) is 12.5 Å². The average Bonchev–Trinajstić information content (AvgIpc) is 3.51. The molecule has 0 unspecified atom stereocenters. The number of carbonyl (C=O) groups is 1. The van der Waals surface area contributed by atoms with E-state index in [-0.39, 0.29) is 39.1 Å². The summed E-state index contributed by atoms with van der Waals surface area (Å²) in [4.78, 5) is 24.6. The number of aromatic hydroxyl groups is 1. The van der Waals surface area contributed by atoms with Crippen LogP contribution in [0.4, 0.5) is 33.6 Å². The highest BCUT2D eigenvalue weighted by atomic mass is 127. The van der Waals surface area contributed by atoms with E-state index in [9.17, 15) is 36.6 Å². The number of halogens is 6. The van der Waals surface area contributed by atoms with Crippen molar-refractivity contribution in [3.8, 4) is 11.6 Å². The summed E-state index contributed by atoms with van der Waals surface area (Å²) in [5.74, 6) is -8.97. The van der Waals surface area contributed by atoms with Crippen LogP contribution >= 0.6 is 23.0 Å². The minimum absolute atomic E-state index is 0.126. The van der Waals surface area contributed by atoms with Crippen molar-refractivity contribution in [2.24, 2.45) is 10.2 Å². The summed E-state index contributed by atoms with van der Waals surface area (Å²) in [7, 11) is 1.36. The molecule has 0 radical (unpaired) electrons. The number of pyridine rings is 1. The Morgan fingerprint density at radius 1 is 1.19 bits per heavy atom. The second-order valence-electron chi connectivity index (χ2n) is 7.79. The van der Waals surface area contributed by atoms with Crippen LogP contribution in [0.5, 0.6) is 11.6 Å². The standard InChI is InChI=1S/C19H20F5IN6O6/c1-35-9-36-7-6-30-14(33)11(8-32)13(37-25)12(15(30)34)26-28-17-29-27-16(18(20,21)19(22,23)24)31(17)10-4-2-3-5-10/h8,10,33H,2-7,9H2,1H3. The average molecular weight is 650 g/mol. The van der Waals surface area contributed by atoms with Crippen molar-refractivity contribution in [2.45, 2.75) is 50.4 Å². The number of hydrogen-bond acceptors (Lipinski definition) is 10. The SMILES string of the molecule is COCOCCn1c(O)c(C=O)c(OI)c(N=Nc2nnc(C(F)(F)C(F)(F)F)n2C2CCCC2)c1=O. The third kappa shape index (κ3) is 5.74. The lowest BCUT2D eigenvalue weighted by Gasteiger charge is -2.22. The first kappa shape index (κ1) is 28.8. The fourth-order valence-electron chi connectivity index (χ4n) is 3.76. The zero-order chi connectivity index (χ0) is 27.4. The first-order valence-electron chi connectivity index (χ1n) is 10.6. The molecule has 1 saturated carbocycles. The summed E-state index contributed by atoms with van der Waals surface area (Å²) in [6.45, 7) is -0.523. The molecule has 0 aliphatic heterocycles. The number of aldehydes is 1. The molecule has 3 rings (SSSR count). The Bertz CT molecular complexity index is 1210. The highest BCUT2D eigenvalue weighted by Crippen LogP contribution is 2.46. The van der Waals surface area contributed by atoms with Crippen LogP contribution in [0.2, 0.25) is 0 Å². The van der Waals surface area contributed by atoms with Gasteiger partial charge in [-0.15, -0.1) is 20.4 Å². The molecule has 1 fully saturated rings. The molecule has 2 aromatic rings. The predicted octanol–water partition coefficient (Wildman–Crippen LogP) is 4.49. The zero-order valence-electron chi connectivity index (χ0n) is 19.0. The topological polar surface area (TPSA) is 142 Å². The van der Waals surface area contributed by atoms with Crippen LogP contribution in [0, 0.1) is 0 Å². The molecule has 12 nitrogen and oxygen atoms in total. The van der Waals surface area contributed by atoms with E-state index in [1.165, 1.54) is 30.1 Å². The van der Waals surface area contributed by atoms with Gasteiger partial charge in [0.15, 0.2) is 40.7 Å². The summed E-state index contributed by atoms with van der Waals surface area (Å²) in [5, 5.41) is 24.1. The van der Waals surface area contributed by atoms with Crippen LogP contribution in [0.25, 0.3) is 0 Å². The van der Waals surface area contributed by atoms with Crippen LogP contribution in [0.3, 0.4) is 0 Å². The first-order valence-corrected chi connectivity index (χ1v) is 11.5. The Kier molecular flexibility index (Phi) is 9.16. The van der Waals surface area contributed by atoms with Crippen molar-refractivity contribution in [3.63, 3.8) is 0 Å². The highest BCUT2D eigenvalue weighted by Gasteiger charge is 2.62. The minimum atomic E-state index is -5.94. The van der Waals surface area contributed by atoms with Gasteiger partial charge < -0.3 is 17.6 Å². The van der Waals surface area contributed by atoms with E-state index in [0.717, 1.165) is 4.57 Å². The molecule has 0 atom stereocenters. The third-order valence-electron chi connectivity index (χ3n) is 5.50. The number of carbonyl (C=O) groups excluding carboxylic acids is 1. The summed E-state index contributed by atoms with van der Waals surface area (Å²) < 4.78 is 83.8. The molecule has 2 aromatic heterocycles. The van der Waals surface area contributed by atoms with Gasteiger partial charge in [0.2, 0.25) is 11.7 Å². The molecule has 0 bridgehead atoms. The fraction of sp³-hybridized carbons (Fsp3) is 0.579. The van der Waals surface area contributed by atoms with Gasteiger partial charge in [-0.25, -0.2) is 0 Å². The van der Waals surface area contributed by atoms with Crippen LogP contribution in [-0.2, 0) is 21.9 Å². The molecule has 0 saturated heterocycles. The van der Waals surface area contributed by atoms with E-state index in [0.29, 0.717) is 17.4 Å². The Morgan fingerprint density at radius 3 is 2.43 bits per heavy atom. The van der Waals surface area contributed by atoms with Gasteiger partial charge in [-0.3, -0.25) is 18.7 Å². The summed E-state index contributed by atoms with van der Waals surface area (Å²) in [6, 6.07) is -0.813. The fourth-order valence-corrected chi connectivity index (χ4v) is 4.21. The maximum atomic E-state index is 14.2. The van der Waals surface area contributed by atoms with Gasteiger partial charge in [-0.05, 0) is 12.8 Å². The quantitative estimate of drug-likeness (QED) is 0.0937. The van der Waals surface area contributed by atoms with Gasteiger partial charge in [-0.2, -0.15) is 22.0 Å². The molecule has 18 heteroatoms. The zero-order valence-corrected chi connectivity index (χ0v) is 21.2. The molecule has 1 N–H and O–H groups in total. The number of nitrogens with zero attached hydrogens (tertiary/aromatic N) is 6. The number of rotatable bonds is 11. The van der Waals surface area contributed by atoms with E-state index >= 15 is 0 Å². The van der Waals surface area contributed by atoms with Crippen LogP contribution in [0.1, 0.15) is 47.9 Å². The summed E-state index contributed by atoms with van der Waals surface area (Å²) in [5.41, 5.74) is -2.16. The Labute approximate surface area is 219 Å². The number of alkyl halides is 5. The second kappa shape index (κ2) is 11.8. The summed E-state index contributed by atoms with van der Waals surface area (Å²) in [6.07, 6.45) is -4.09. The van der Waals surface area contributed by atoms with Gasteiger partial charge in [0.05, 0.1) is 13.2 Å². The maximum Gasteiger partial charge on any atom is 0.461 e. The molecule has 204 valence electrons. The molecule has 0 aromatic carbocycles. The smallest absolute Gasteiger partial charge is 0.461 e. The molecule has 1 aliphatic rings. The van der Waals surface area contributed by atoms with E-state index < -0.39 is 58.4 Å². The van der Waals surface area contributed by atoms with Gasteiger partial charge in [0, 0.05) is 13.2 Å². The van der Waals surface area contributed by atoms with Gasteiger partial charge >= 0.3 is 12.1 Å². The Morgan fingerprint density at radius 2 is 1.86 bits per heavy atom. The van der Waals surface area contributed by atoms with E-state index in [2.05, 4.69) is 20.4 Å². The van der Waals surface area contributed by atoms with Gasteiger partial charge in [0.25, 0.3) is 11.5 Å². The number of hydrogen-bond donors (Lipinski definition) is 1. The van der Waals surface area contributed by atoms with Crippen LogP contribution < -0.4 is 8.63 Å².